The van der Waals surface area contributed by atoms with E-state index in [2.05, 4.69) is 9.80 Å². The Morgan fingerprint density at radius 2 is 1.73 bits per heavy atom. The minimum atomic E-state index is -0.0436. The summed E-state index contributed by atoms with van der Waals surface area (Å²) in [6, 6.07) is 1.28. The molecule has 0 amide bonds. The van der Waals surface area contributed by atoms with E-state index in [1.165, 1.54) is 51.9 Å². The van der Waals surface area contributed by atoms with Crippen LogP contribution in [0.2, 0.25) is 0 Å². The van der Waals surface area contributed by atoms with Gasteiger partial charge in [0.15, 0.2) is 0 Å². The summed E-state index contributed by atoms with van der Waals surface area (Å²) in [4.78, 5) is 5.20. The van der Waals surface area contributed by atoms with Gasteiger partial charge < -0.3 is 5.11 Å². The van der Waals surface area contributed by atoms with Crippen molar-refractivity contribution in [2.75, 3.05) is 26.2 Å². The van der Waals surface area contributed by atoms with Crippen LogP contribution in [-0.2, 0) is 0 Å². The van der Waals surface area contributed by atoms with Crippen molar-refractivity contribution < 1.29 is 5.11 Å². The molecule has 3 aliphatic rings. The molecule has 1 aliphatic carbocycles. The van der Waals surface area contributed by atoms with Gasteiger partial charge in [0.2, 0.25) is 0 Å². The highest BCUT2D eigenvalue weighted by Gasteiger charge is 2.37. The number of nitrogens with zero attached hydrogens (tertiary/aromatic N) is 2. The highest BCUT2D eigenvalue weighted by atomic mass is 16.3. The van der Waals surface area contributed by atoms with Crippen molar-refractivity contribution in [1.82, 2.24) is 9.80 Å². The quantitative estimate of drug-likeness (QED) is 0.689. The van der Waals surface area contributed by atoms with Crippen molar-refractivity contribution in [1.29, 1.82) is 0 Å². The molecule has 3 fully saturated rings. The Kier molecular flexibility index (Phi) is 2.71. The maximum atomic E-state index is 9.93. The molecule has 2 saturated heterocycles. The van der Waals surface area contributed by atoms with E-state index < -0.39 is 0 Å². The number of aliphatic hydroxyl groups is 1. The molecule has 86 valence electrons. The average Bonchev–Trinajstić information content (AvgIpc) is 2.84. The lowest BCUT2D eigenvalue weighted by Crippen LogP contribution is -2.55. The molecule has 3 atom stereocenters. The van der Waals surface area contributed by atoms with Gasteiger partial charge in [-0.1, -0.05) is 0 Å². The molecule has 0 radical (unpaired) electrons. The fourth-order valence-corrected chi connectivity index (χ4v) is 3.66. The molecule has 3 rings (SSSR count). The number of hydrogen-bond donors (Lipinski definition) is 1. The van der Waals surface area contributed by atoms with Crippen LogP contribution in [0.4, 0.5) is 0 Å². The molecule has 0 aromatic carbocycles. The Morgan fingerprint density at radius 3 is 2.53 bits per heavy atom. The Morgan fingerprint density at radius 1 is 0.867 bits per heavy atom. The standard InChI is InChI=1S/C12H22N2O/c15-12-5-1-4-11(12)14-8-7-13-6-2-3-10(13)9-14/h10-12,15H,1-9H2/t10?,11-,12-/m0/s1. The van der Waals surface area contributed by atoms with Crippen LogP contribution in [0.25, 0.3) is 0 Å². The summed E-state index contributed by atoms with van der Waals surface area (Å²) >= 11 is 0. The zero-order chi connectivity index (χ0) is 10.3. The highest BCUT2D eigenvalue weighted by molar-refractivity contribution is 4.93. The van der Waals surface area contributed by atoms with Crippen molar-refractivity contribution in [3.05, 3.63) is 0 Å². The lowest BCUT2D eigenvalue weighted by molar-refractivity contribution is 0.0217. The predicted molar refractivity (Wildman–Crippen MR) is 59.8 cm³/mol. The first-order valence-corrected chi connectivity index (χ1v) is 6.51. The summed E-state index contributed by atoms with van der Waals surface area (Å²) in [5.41, 5.74) is 0. The first-order valence-electron chi connectivity index (χ1n) is 6.51. The van der Waals surface area contributed by atoms with Gasteiger partial charge in [0.1, 0.15) is 0 Å². The summed E-state index contributed by atoms with van der Waals surface area (Å²) in [5.74, 6) is 0. The minimum Gasteiger partial charge on any atom is -0.391 e. The van der Waals surface area contributed by atoms with Crippen LogP contribution in [0.1, 0.15) is 32.1 Å². The van der Waals surface area contributed by atoms with E-state index in [1.807, 2.05) is 0 Å². The monoisotopic (exact) mass is 210 g/mol. The van der Waals surface area contributed by atoms with Crippen LogP contribution >= 0.6 is 0 Å². The second-order valence-electron chi connectivity index (χ2n) is 5.39. The van der Waals surface area contributed by atoms with E-state index in [1.54, 1.807) is 0 Å². The molecule has 15 heavy (non-hydrogen) atoms. The van der Waals surface area contributed by atoms with E-state index in [4.69, 9.17) is 0 Å². The molecule has 2 aliphatic heterocycles. The third-order valence-electron chi connectivity index (χ3n) is 4.53. The zero-order valence-electron chi connectivity index (χ0n) is 9.44. The summed E-state index contributed by atoms with van der Waals surface area (Å²) in [6.07, 6.45) is 6.17. The van der Waals surface area contributed by atoms with Crippen molar-refractivity contribution in [2.45, 2.75) is 50.3 Å². The van der Waals surface area contributed by atoms with Crippen LogP contribution in [0.15, 0.2) is 0 Å². The van der Waals surface area contributed by atoms with Crippen LogP contribution < -0.4 is 0 Å². The number of hydrogen-bond acceptors (Lipinski definition) is 3. The zero-order valence-corrected chi connectivity index (χ0v) is 9.44. The average molecular weight is 210 g/mol. The molecule has 0 spiro atoms. The topological polar surface area (TPSA) is 26.7 Å². The predicted octanol–water partition coefficient (Wildman–Crippen LogP) is 0.680. The van der Waals surface area contributed by atoms with Gasteiger partial charge >= 0.3 is 0 Å². The SMILES string of the molecule is O[C@H]1CCC[C@@H]1N1CCN2CCCC2C1. The smallest absolute Gasteiger partial charge is 0.0695 e. The van der Waals surface area contributed by atoms with Gasteiger partial charge in [0, 0.05) is 31.7 Å². The van der Waals surface area contributed by atoms with Crippen LogP contribution in [0.3, 0.4) is 0 Å². The Balaban J connectivity index is 1.63. The molecule has 3 heteroatoms. The van der Waals surface area contributed by atoms with Crippen molar-refractivity contribution >= 4 is 0 Å². The van der Waals surface area contributed by atoms with Gasteiger partial charge in [-0.3, -0.25) is 9.80 Å². The van der Waals surface area contributed by atoms with Gasteiger partial charge in [-0.2, -0.15) is 0 Å². The van der Waals surface area contributed by atoms with Gasteiger partial charge in [-0.25, -0.2) is 0 Å². The van der Waals surface area contributed by atoms with E-state index in [-0.39, 0.29) is 6.10 Å². The maximum absolute atomic E-state index is 9.93. The summed E-state index contributed by atoms with van der Waals surface area (Å²) < 4.78 is 0. The number of rotatable bonds is 1. The third kappa shape index (κ3) is 1.81. The first kappa shape index (κ1) is 10.1. The molecular weight excluding hydrogens is 188 g/mol. The Bertz CT molecular complexity index is 234. The third-order valence-corrected chi connectivity index (χ3v) is 4.53. The minimum absolute atomic E-state index is 0.0436. The lowest BCUT2D eigenvalue weighted by Gasteiger charge is -2.41. The van der Waals surface area contributed by atoms with Gasteiger partial charge in [-0.05, 0) is 38.6 Å². The van der Waals surface area contributed by atoms with Gasteiger partial charge in [-0.15, -0.1) is 0 Å². The molecule has 1 unspecified atom stereocenters. The second kappa shape index (κ2) is 4.04. The van der Waals surface area contributed by atoms with Gasteiger partial charge in [0.05, 0.1) is 6.10 Å². The molecule has 1 saturated carbocycles. The second-order valence-corrected chi connectivity index (χ2v) is 5.39. The van der Waals surface area contributed by atoms with Crippen LogP contribution in [0, 0.1) is 0 Å². The van der Waals surface area contributed by atoms with E-state index in [0.717, 1.165) is 12.5 Å². The summed E-state index contributed by atoms with van der Waals surface area (Å²) in [7, 11) is 0. The molecule has 1 N–H and O–H groups in total. The Hall–Kier alpha value is -0.120. The number of fused-ring (bicyclic) bond motifs is 1. The van der Waals surface area contributed by atoms with E-state index in [0.29, 0.717) is 6.04 Å². The van der Waals surface area contributed by atoms with Crippen molar-refractivity contribution in [3.8, 4) is 0 Å². The molecule has 2 heterocycles. The molecular formula is C12H22N2O. The fraction of sp³-hybridized carbons (Fsp3) is 1.00. The normalized spacial score (nSPS) is 43.4. The lowest BCUT2D eigenvalue weighted by atomic mass is 10.1. The number of piperazine rings is 1. The summed E-state index contributed by atoms with van der Waals surface area (Å²) in [6.45, 7) is 4.93. The largest absolute Gasteiger partial charge is 0.391 e. The van der Waals surface area contributed by atoms with E-state index in [9.17, 15) is 5.11 Å². The van der Waals surface area contributed by atoms with Crippen molar-refractivity contribution in [3.63, 3.8) is 0 Å². The first-order chi connectivity index (χ1) is 7.34. The number of aliphatic hydroxyl groups excluding tert-OH is 1. The molecule has 0 bridgehead atoms. The van der Waals surface area contributed by atoms with Crippen molar-refractivity contribution in [2.24, 2.45) is 0 Å². The summed E-state index contributed by atoms with van der Waals surface area (Å²) in [5, 5.41) is 9.93. The highest BCUT2D eigenvalue weighted by Crippen LogP contribution is 2.29. The molecule has 0 aromatic rings. The van der Waals surface area contributed by atoms with E-state index >= 15 is 0 Å². The van der Waals surface area contributed by atoms with Gasteiger partial charge in [0.25, 0.3) is 0 Å². The molecule has 0 aromatic heterocycles. The molecule has 3 nitrogen and oxygen atoms in total. The van der Waals surface area contributed by atoms with Crippen LogP contribution in [0.5, 0.6) is 0 Å². The Labute approximate surface area is 92.1 Å². The van der Waals surface area contributed by atoms with Crippen LogP contribution in [-0.4, -0.2) is 59.3 Å². The fourth-order valence-electron chi connectivity index (χ4n) is 3.66. The maximum Gasteiger partial charge on any atom is 0.0695 e.